The number of phenolic OH excluding ortho intramolecular Hbond substituents is 1. The number of aromatic hydroxyl groups is 1. The fourth-order valence-corrected chi connectivity index (χ4v) is 1.22. The van der Waals surface area contributed by atoms with Gasteiger partial charge < -0.3 is 15.6 Å². The smallest absolute Gasteiger partial charge is 0.308 e. The van der Waals surface area contributed by atoms with Crippen LogP contribution in [0, 0.1) is 11.3 Å². The minimum Gasteiger partial charge on any atom is -0.504 e. The van der Waals surface area contributed by atoms with E-state index < -0.39 is 12.0 Å². The number of esters is 1. The van der Waals surface area contributed by atoms with Crippen molar-refractivity contribution in [2.24, 2.45) is 5.73 Å². The molecule has 16 heavy (non-hydrogen) atoms. The first-order valence-electron chi connectivity index (χ1n) is 4.68. The largest absolute Gasteiger partial charge is 0.504 e. The lowest BCUT2D eigenvalue weighted by molar-refractivity contribution is -0.132. The lowest BCUT2D eigenvalue weighted by Gasteiger charge is -2.10. The standard InChI is InChI=1S/C11H12N2O3/c1-7(14)16-11-3-2-8(6-10(11)15)9(13)4-5-12/h2-3,6,9,15H,4,13H2,1H3/t9-/m1/s1. The van der Waals surface area contributed by atoms with Gasteiger partial charge in [-0.3, -0.25) is 4.79 Å². The fraction of sp³-hybridized carbons (Fsp3) is 0.273. The molecule has 1 rings (SSSR count). The highest BCUT2D eigenvalue weighted by molar-refractivity contribution is 5.70. The summed E-state index contributed by atoms with van der Waals surface area (Å²) >= 11 is 0. The van der Waals surface area contributed by atoms with Crippen LogP contribution in [0.25, 0.3) is 0 Å². The number of ether oxygens (including phenoxy) is 1. The van der Waals surface area contributed by atoms with E-state index >= 15 is 0 Å². The van der Waals surface area contributed by atoms with Crippen LogP contribution in [-0.4, -0.2) is 11.1 Å². The summed E-state index contributed by atoms with van der Waals surface area (Å²) in [6.07, 6.45) is 0.159. The maximum absolute atomic E-state index is 10.7. The Morgan fingerprint density at radius 2 is 2.38 bits per heavy atom. The van der Waals surface area contributed by atoms with E-state index in [0.29, 0.717) is 5.56 Å². The molecule has 0 amide bonds. The summed E-state index contributed by atoms with van der Waals surface area (Å²) in [6.45, 7) is 1.24. The molecule has 0 aromatic heterocycles. The van der Waals surface area contributed by atoms with Crippen molar-refractivity contribution >= 4 is 5.97 Å². The van der Waals surface area contributed by atoms with Gasteiger partial charge in [0.2, 0.25) is 0 Å². The van der Waals surface area contributed by atoms with Crippen LogP contribution in [0.3, 0.4) is 0 Å². The monoisotopic (exact) mass is 220 g/mol. The summed E-state index contributed by atoms with van der Waals surface area (Å²) < 4.78 is 4.74. The molecular weight excluding hydrogens is 208 g/mol. The number of rotatable bonds is 3. The van der Waals surface area contributed by atoms with Crippen molar-refractivity contribution in [3.05, 3.63) is 23.8 Å². The Bertz CT molecular complexity index is 437. The Hall–Kier alpha value is -2.06. The topological polar surface area (TPSA) is 96.3 Å². The van der Waals surface area contributed by atoms with E-state index in [1.807, 2.05) is 6.07 Å². The molecule has 5 heteroatoms. The minimum absolute atomic E-state index is 0.0837. The summed E-state index contributed by atoms with van der Waals surface area (Å²) in [7, 11) is 0. The minimum atomic E-state index is -0.510. The molecule has 1 aromatic carbocycles. The van der Waals surface area contributed by atoms with Crippen LogP contribution in [-0.2, 0) is 4.79 Å². The fourth-order valence-electron chi connectivity index (χ4n) is 1.22. The third-order valence-electron chi connectivity index (χ3n) is 1.98. The molecule has 0 saturated carbocycles. The highest BCUT2D eigenvalue weighted by Crippen LogP contribution is 2.29. The second kappa shape index (κ2) is 5.14. The average Bonchev–Trinajstić information content (AvgIpc) is 2.20. The predicted octanol–water partition coefficient (Wildman–Crippen LogP) is 1.23. The molecule has 0 fully saturated rings. The van der Waals surface area contributed by atoms with Crippen molar-refractivity contribution < 1.29 is 14.6 Å². The molecule has 0 radical (unpaired) electrons. The van der Waals surface area contributed by atoms with Crippen LogP contribution >= 0.6 is 0 Å². The molecule has 3 N–H and O–H groups in total. The molecule has 0 unspecified atom stereocenters. The number of hydrogen-bond acceptors (Lipinski definition) is 5. The number of phenols is 1. The van der Waals surface area contributed by atoms with Gasteiger partial charge in [0.05, 0.1) is 12.5 Å². The molecule has 0 aliphatic heterocycles. The summed E-state index contributed by atoms with van der Waals surface area (Å²) in [5, 5.41) is 18.0. The summed E-state index contributed by atoms with van der Waals surface area (Å²) in [5.74, 6) is -0.592. The summed E-state index contributed by atoms with van der Waals surface area (Å²) in [5.41, 5.74) is 6.30. The Morgan fingerprint density at radius 1 is 1.69 bits per heavy atom. The molecule has 0 heterocycles. The van der Waals surface area contributed by atoms with Gasteiger partial charge in [0.1, 0.15) is 0 Å². The first-order chi connectivity index (χ1) is 7.54. The molecule has 0 aliphatic rings. The highest BCUT2D eigenvalue weighted by Gasteiger charge is 2.10. The van der Waals surface area contributed by atoms with Gasteiger partial charge in [0.25, 0.3) is 0 Å². The van der Waals surface area contributed by atoms with E-state index in [0.717, 1.165) is 0 Å². The normalized spacial score (nSPS) is 11.6. The van der Waals surface area contributed by atoms with Gasteiger partial charge in [-0.05, 0) is 17.7 Å². The van der Waals surface area contributed by atoms with E-state index in [-0.39, 0.29) is 17.9 Å². The second-order valence-corrected chi connectivity index (χ2v) is 3.29. The zero-order chi connectivity index (χ0) is 12.1. The van der Waals surface area contributed by atoms with Crippen LogP contribution in [0.4, 0.5) is 0 Å². The van der Waals surface area contributed by atoms with E-state index in [1.165, 1.54) is 19.1 Å². The molecule has 84 valence electrons. The van der Waals surface area contributed by atoms with Crippen molar-refractivity contribution in [2.75, 3.05) is 0 Å². The van der Waals surface area contributed by atoms with Crippen molar-refractivity contribution in [1.29, 1.82) is 5.26 Å². The third-order valence-corrected chi connectivity index (χ3v) is 1.98. The number of benzene rings is 1. The molecule has 0 bridgehead atoms. The van der Waals surface area contributed by atoms with Crippen LogP contribution < -0.4 is 10.5 Å². The zero-order valence-corrected chi connectivity index (χ0v) is 8.80. The van der Waals surface area contributed by atoms with Gasteiger partial charge >= 0.3 is 5.97 Å². The van der Waals surface area contributed by atoms with E-state index in [2.05, 4.69) is 0 Å². The van der Waals surface area contributed by atoms with Crippen molar-refractivity contribution in [2.45, 2.75) is 19.4 Å². The van der Waals surface area contributed by atoms with Gasteiger partial charge in [-0.2, -0.15) is 5.26 Å². The zero-order valence-electron chi connectivity index (χ0n) is 8.80. The molecule has 1 atom stereocenters. The van der Waals surface area contributed by atoms with E-state index in [4.69, 9.17) is 15.7 Å². The SMILES string of the molecule is CC(=O)Oc1ccc([C@H](N)CC#N)cc1O. The Morgan fingerprint density at radius 3 is 2.88 bits per heavy atom. The van der Waals surface area contributed by atoms with Gasteiger partial charge in [-0.1, -0.05) is 6.07 Å². The lowest BCUT2D eigenvalue weighted by Crippen LogP contribution is -2.09. The highest BCUT2D eigenvalue weighted by atomic mass is 16.5. The Kier molecular flexibility index (Phi) is 3.86. The second-order valence-electron chi connectivity index (χ2n) is 3.29. The van der Waals surface area contributed by atoms with E-state index in [1.54, 1.807) is 6.07 Å². The summed E-state index contributed by atoms with van der Waals surface area (Å²) in [4.78, 5) is 10.7. The van der Waals surface area contributed by atoms with Crippen molar-refractivity contribution in [1.82, 2.24) is 0 Å². The number of nitrogens with two attached hydrogens (primary N) is 1. The lowest BCUT2D eigenvalue weighted by atomic mass is 10.0. The molecule has 0 saturated heterocycles. The molecule has 0 aliphatic carbocycles. The van der Waals surface area contributed by atoms with Crippen molar-refractivity contribution in [3.8, 4) is 17.6 Å². The molecule has 0 spiro atoms. The van der Waals surface area contributed by atoms with Gasteiger partial charge in [0.15, 0.2) is 11.5 Å². The molecule has 5 nitrogen and oxygen atoms in total. The molecule has 1 aromatic rings. The Balaban J connectivity index is 2.91. The van der Waals surface area contributed by atoms with Crippen LogP contribution in [0.5, 0.6) is 11.5 Å². The first kappa shape index (κ1) is 12.0. The third kappa shape index (κ3) is 2.97. The number of carbonyl (C=O) groups is 1. The van der Waals surface area contributed by atoms with Gasteiger partial charge in [-0.15, -0.1) is 0 Å². The first-order valence-corrected chi connectivity index (χ1v) is 4.68. The van der Waals surface area contributed by atoms with Gasteiger partial charge in [0, 0.05) is 13.0 Å². The van der Waals surface area contributed by atoms with Crippen LogP contribution in [0.15, 0.2) is 18.2 Å². The van der Waals surface area contributed by atoms with Gasteiger partial charge in [-0.25, -0.2) is 0 Å². The predicted molar refractivity (Wildman–Crippen MR) is 56.6 cm³/mol. The maximum Gasteiger partial charge on any atom is 0.308 e. The quantitative estimate of drug-likeness (QED) is 0.590. The average molecular weight is 220 g/mol. The maximum atomic E-state index is 10.7. The van der Waals surface area contributed by atoms with Crippen molar-refractivity contribution in [3.63, 3.8) is 0 Å². The summed E-state index contributed by atoms with van der Waals surface area (Å²) in [6, 6.07) is 5.93. The van der Waals surface area contributed by atoms with E-state index in [9.17, 15) is 9.90 Å². The van der Waals surface area contributed by atoms with Crippen LogP contribution in [0.1, 0.15) is 24.9 Å². The molecular formula is C11H12N2O3. The number of nitriles is 1. The number of hydrogen-bond donors (Lipinski definition) is 2. The number of nitrogens with zero attached hydrogens (tertiary/aromatic N) is 1. The Labute approximate surface area is 93.1 Å². The number of carbonyl (C=O) groups excluding carboxylic acids is 1. The van der Waals surface area contributed by atoms with Crippen LogP contribution in [0.2, 0.25) is 0 Å².